The molecule has 1 aromatic heterocycles. The predicted molar refractivity (Wildman–Crippen MR) is 72.5 cm³/mol. The molecule has 0 saturated carbocycles. The summed E-state index contributed by atoms with van der Waals surface area (Å²) in [5, 5.41) is 2.89. The molecule has 102 valence electrons. The number of hydrogen-bond donors (Lipinski definition) is 1. The van der Waals surface area contributed by atoms with Gasteiger partial charge in [-0.2, -0.15) is 0 Å². The Morgan fingerprint density at radius 3 is 2.53 bits per heavy atom. The molecule has 2 rings (SSSR count). The fourth-order valence-electron chi connectivity index (χ4n) is 2.29. The number of hydrogen-bond acceptors (Lipinski definition) is 3. The number of carbonyl (C=O) groups is 2. The van der Waals surface area contributed by atoms with Gasteiger partial charge in [-0.15, -0.1) is 0 Å². The first-order valence-corrected chi connectivity index (χ1v) is 6.69. The van der Waals surface area contributed by atoms with Crippen molar-refractivity contribution >= 4 is 17.5 Å². The summed E-state index contributed by atoms with van der Waals surface area (Å²) in [5.41, 5.74) is 0.770. The Kier molecular flexibility index (Phi) is 4.49. The summed E-state index contributed by atoms with van der Waals surface area (Å²) in [5.74, 6) is 0.205. The molecule has 0 spiro atoms. The number of aromatic nitrogens is 1. The maximum Gasteiger partial charge on any atom is 0.227 e. The molecule has 0 unspecified atom stereocenters. The summed E-state index contributed by atoms with van der Waals surface area (Å²) < 4.78 is 0. The van der Waals surface area contributed by atoms with Crippen LogP contribution in [0.3, 0.4) is 0 Å². The molecule has 1 fully saturated rings. The van der Waals surface area contributed by atoms with E-state index in [0.29, 0.717) is 19.5 Å². The average molecular weight is 261 g/mol. The normalized spacial score (nSPS) is 16.2. The smallest absolute Gasteiger partial charge is 0.227 e. The molecule has 0 aromatic carbocycles. The summed E-state index contributed by atoms with van der Waals surface area (Å²) in [6, 6.07) is 3.54. The summed E-state index contributed by atoms with van der Waals surface area (Å²) in [6.07, 6.45) is 5.31. The highest BCUT2D eigenvalue weighted by Gasteiger charge is 2.26. The number of likely N-dealkylation sites (tertiary alicyclic amines) is 1. The van der Waals surface area contributed by atoms with Crippen molar-refractivity contribution in [2.75, 3.05) is 18.4 Å². The highest BCUT2D eigenvalue weighted by atomic mass is 16.2. The Morgan fingerprint density at radius 2 is 1.95 bits per heavy atom. The maximum atomic E-state index is 12.1. The molecule has 0 atom stereocenters. The minimum Gasteiger partial charge on any atom is -0.343 e. The minimum absolute atomic E-state index is 0.00549. The van der Waals surface area contributed by atoms with E-state index in [4.69, 9.17) is 0 Å². The van der Waals surface area contributed by atoms with E-state index in [1.165, 1.54) is 0 Å². The van der Waals surface area contributed by atoms with Crippen molar-refractivity contribution in [3.8, 4) is 0 Å². The van der Waals surface area contributed by atoms with Gasteiger partial charge in [0.2, 0.25) is 11.8 Å². The minimum atomic E-state index is -0.00549. The van der Waals surface area contributed by atoms with Crippen LogP contribution in [0.2, 0.25) is 0 Å². The third-order valence-corrected chi connectivity index (χ3v) is 3.47. The van der Waals surface area contributed by atoms with Crippen molar-refractivity contribution in [1.82, 2.24) is 9.88 Å². The molecule has 2 heterocycles. The molecule has 2 amide bonds. The zero-order chi connectivity index (χ0) is 13.7. The molecule has 1 aliphatic heterocycles. The lowest BCUT2D eigenvalue weighted by molar-refractivity contribution is -0.134. The third-order valence-electron chi connectivity index (χ3n) is 3.47. The monoisotopic (exact) mass is 261 g/mol. The van der Waals surface area contributed by atoms with E-state index in [1.807, 2.05) is 11.8 Å². The maximum absolute atomic E-state index is 12.1. The summed E-state index contributed by atoms with van der Waals surface area (Å²) >= 11 is 0. The van der Waals surface area contributed by atoms with Crippen molar-refractivity contribution in [2.45, 2.75) is 26.2 Å². The van der Waals surface area contributed by atoms with Crippen molar-refractivity contribution in [3.05, 3.63) is 24.5 Å². The second-order valence-corrected chi connectivity index (χ2v) is 4.73. The van der Waals surface area contributed by atoms with Crippen LogP contribution in [0.15, 0.2) is 24.5 Å². The van der Waals surface area contributed by atoms with Gasteiger partial charge in [-0.1, -0.05) is 6.92 Å². The zero-order valence-electron chi connectivity index (χ0n) is 11.1. The molecule has 1 saturated heterocycles. The van der Waals surface area contributed by atoms with Gasteiger partial charge >= 0.3 is 0 Å². The predicted octanol–water partition coefficient (Wildman–Crippen LogP) is 1.67. The van der Waals surface area contributed by atoms with Crippen molar-refractivity contribution in [1.29, 1.82) is 0 Å². The Morgan fingerprint density at radius 1 is 1.32 bits per heavy atom. The van der Waals surface area contributed by atoms with Gasteiger partial charge in [0, 0.05) is 43.5 Å². The number of piperidine rings is 1. The van der Waals surface area contributed by atoms with Crippen molar-refractivity contribution in [3.63, 3.8) is 0 Å². The summed E-state index contributed by atoms with van der Waals surface area (Å²) in [7, 11) is 0. The van der Waals surface area contributed by atoms with E-state index < -0.39 is 0 Å². The van der Waals surface area contributed by atoms with Crippen molar-refractivity contribution < 1.29 is 9.59 Å². The van der Waals surface area contributed by atoms with Crippen LogP contribution in [0, 0.1) is 5.92 Å². The second-order valence-electron chi connectivity index (χ2n) is 4.73. The lowest BCUT2D eigenvalue weighted by Crippen LogP contribution is -2.41. The Labute approximate surface area is 113 Å². The Bertz CT molecular complexity index is 439. The average Bonchev–Trinajstić information content (AvgIpc) is 2.47. The Hall–Kier alpha value is -1.91. The second kappa shape index (κ2) is 6.31. The molecular weight excluding hydrogens is 242 g/mol. The van der Waals surface area contributed by atoms with Crippen molar-refractivity contribution in [2.24, 2.45) is 5.92 Å². The fourth-order valence-corrected chi connectivity index (χ4v) is 2.29. The van der Waals surface area contributed by atoms with Crippen LogP contribution in [-0.2, 0) is 9.59 Å². The number of rotatable bonds is 3. The van der Waals surface area contributed by atoms with Gasteiger partial charge in [0.15, 0.2) is 0 Å². The summed E-state index contributed by atoms with van der Waals surface area (Å²) in [6.45, 7) is 3.23. The van der Waals surface area contributed by atoms with Crippen LogP contribution in [-0.4, -0.2) is 34.8 Å². The van der Waals surface area contributed by atoms with Crippen LogP contribution in [0.5, 0.6) is 0 Å². The van der Waals surface area contributed by atoms with E-state index >= 15 is 0 Å². The molecule has 1 N–H and O–H groups in total. The van der Waals surface area contributed by atoms with E-state index in [-0.39, 0.29) is 17.7 Å². The van der Waals surface area contributed by atoms with Gasteiger partial charge in [-0.25, -0.2) is 0 Å². The highest BCUT2D eigenvalue weighted by Crippen LogP contribution is 2.19. The lowest BCUT2D eigenvalue weighted by atomic mass is 9.95. The molecule has 0 aliphatic carbocycles. The van der Waals surface area contributed by atoms with Crippen LogP contribution >= 0.6 is 0 Å². The fraction of sp³-hybridized carbons (Fsp3) is 0.500. The van der Waals surface area contributed by atoms with Gasteiger partial charge in [-0.05, 0) is 25.0 Å². The van der Waals surface area contributed by atoms with E-state index in [0.717, 1.165) is 18.5 Å². The van der Waals surface area contributed by atoms with Gasteiger partial charge in [0.05, 0.1) is 0 Å². The number of carbonyl (C=O) groups excluding carboxylic acids is 2. The highest BCUT2D eigenvalue weighted by molar-refractivity contribution is 5.92. The molecule has 19 heavy (non-hydrogen) atoms. The molecule has 5 heteroatoms. The van der Waals surface area contributed by atoms with Gasteiger partial charge in [0.25, 0.3) is 0 Å². The first-order chi connectivity index (χ1) is 9.20. The topological polar surface area (TPSA) is 62.3 Å². The number of pyridine rings is 1. The molecule has 1 aliphatic rings. The molecule has 0 radical (unpaired) electrons. The van der Waals surface area contributed by atoms with Gasteiger partial charge in [-0.3, -0.25) is 14.6 Å². The lowest BCUT2D eigenvalue weighted by Gasteiger charge is -2.31. The third kappa shape index (κ3) is 3.53. The van der Waals surface area contributed by atoms with Crippen LogP contribution in [0.1, 0.15) is 26.2 Å². The quantitative estimate of drug-likeness (QED) is 0.900. The SMILES string of the molecule is CCC(=O)N1CCC(C(=O)Nc2ccncc2)CC1. The number of amides is 2. The molecule has 5 nitrogen and oxygen atoms in total. The Balaban J connectivity index is 1.84. The number of nitrogens with one attached hydrogen (secondary N) is 1. The van der Waals surface area contributed by atoms with Gasteiger partial charge in [0.1, 0.15) is 0 Å². The van der Waals surface area contributed by atoms with E-state index in [2.05, 4.69) is 10.3 Å². The number of nitrogens with zero attached hydrogens (tertiary/aromatic N) is 2. The number of anilines is 1. The zero-order valence-corrected chi connectivity index (χ0v) is 11.1. The first kappa shape index (κ1) is 13.5. The molecular formula is C14H19N3O2. The van der Waals surface area contributed by atoms with Crippen LogP contribution < -0.4 is 5.32 Å². The molecule has 0 bridgehead atoms. The first-order valence-electron chi connectivity index (χ1n) is 6.69. The van der Waals surface area contributed by atoms with E-state index in [9.17, 15) is 9.59 Å². The summed E-state index contributed by atoms with van der Waals surface area (Å²) in [4.78, 5) is 29.4. The largest absolute Gasteiger partial charge is 0.343 e. The standard InChI is InChI=1S/C14H19N3O2/c1-2-13(18)17-9-5-11(6-10-17)14(19)16-12-3-7-15-8-4-12/h3-4,7-8,11H,2,5-6,9-10H2,1H3,(H,15,16,19). The van der Waals surface area contributed by atoms with E-state index in [1.54, 1.807) is 24.5 Å². The van der Waals surface area contributed by atoms with Crippen LogP contribution in [0.25, 0.3) is 0 Å². The van der Waals surface area contributed by atoms with Gasteiger partial charge < -0.3 is 10.2 Å². The molecule has 1 aromatic rings. The van der Waals surface area contributed by atoms with Crippen LogP contribution in [0.4, 0.5) is 5.69 Å².